The minimum atomic E-state index is -0.482. The van der Waals surface area contributed by atoms with Gasteiger partial charge in [-0.15, -0.1) is 0 Å². The van der Waals surface area contributed by atoms with E-state index in [1.807, 2.05) is 20.8 Å². The van der Waals surface area contributed by atoms with Gasteiger partial charge >= 0.3 is 6.09 Å². The van der Waals surface area contributed by atoms with Crippen molar-refractivity contribution in [1.82, 2.24) is 14.9 Å². The molecule has 2 aromatic heterocycles. The number of carbonyl (C=O) groups excluding carboxylic acids is 1. The molecule has 3 heterocycles. The summed E-state index contributed by atoms with van der Waals surface area (Å²) in [5.41, 5.74) is 5.35. The summed E-state index contributed by atoms with van der Waals surface area (Å²) in [5, 5.41) is 5.29. The molecule has 0 saturated carbocycles. The number of rotatable bonds is 4. The van der Waals surface area contributed by atoms with E-state index in [9.17, 15) is 4.79 Å². The number of ether oxygens (including phenoxy) is 1. The van der Waals surface area contributed by atoms with Crippen molar-refractivity contribution in [1.29, 1.82) is 0 Å². The highest BCUT2D eigenvalue weighted by Gasteiger charge is 2.24. The number of benzene rings is 2. The lowest BCUT2D eigenvalue weighted by Gasteiger charge is -2.25. The molecular weight excluding hydrogens is 400 g/mol. The van der Waals surface area contributed by atoms with Gasteiger partial charge < -0.3 is 19.5 Å². The number of amides is 1. The predicted octanol–water partition coefficient (Wildman–Crippen LogP) is 5.47. The largest absolute Gasteiger partial charge is 0.444 e. The van der Waals surface area contributed by atoms with Gasteiger partial charge in [-0.3, -0.25) is 0 Å². The van der Waals surface area contributed by atoms with Crippen LogP contribution in [-0.2, 0) is 11.3 Å². The molecular formula is C26H30N4O2. The first kappa shape index (κ1) is 20.6. The molecule has 0 saturated heterocycles. The first-order chi connectivity index (χ1) is 15.4. The average molecular weight is 431 g/mol. The van der Waals surface area contributed by atoms with E-state index >= 15 is 0 Å². The maximum atomic E-state index is 12.0. The van der Waals surface area contributed by atoms with Gasteiger partial charge in [0.05, 0.1) is 27.8 Å². The molecule has 0 unspecified atom stereocenters. The molecule has 0 radical (unpaired) electrons. The van der Waals surface area contributed by atoms with Crippen molar-refractivity contribution in [3.05, 3.63) is 48.5 Å². The number of pyridine rings is 1. The minimum absolute atomic E-state index is 0.356. The van der Waals surface area contributed by atoms with Crippen molar-refractivity contribution >= 4 is 44.6 Å². The highest BCUT2D eigenvalue weighted by Crippen LogP contribution is 2.40. The van der Waals surface area contributed by atoms with E-state index in [1.165, 1.54) is 27.5 Å². The van der Waals surface area contributed by atoms with E-state index in [2.05, 4.69) is 63.3 Å². The molecule has 2 aromatic carbocycles. The van der Waals surface area contributed by atoms with Gasteiger partial charge in [0, 0.05) is 37.0 Å². The second-order valence-electron chi connectivity index (χ2n) is 9.47. The van der Waals surface area contributed by atoms with Gasteiger partial charge in [0.15, 0.2) is 0 Å². The number of hydrogen-bond donors (Lipinski definition) is 1. The fourth-order valence-corrected chi connectivity index (χ4v) is 4.74. The van der Waals surface area contributed by atoms with E-state index in [1.54, 1.807) is 0 Å². The molecule has 166 valence electrons. The number of nitrogens with zero attached hydrogens (tertiary/aromatic N) is 3. The molecule has 6 nitrogen and oxygen atoms in total. The van der Waals surface area contributed by atoms with E-state index in [0.717, 1.165) is 43.5 Å². The van der Waals surface area contributed by atoms with Gasteiger partial charge in [0.1, 0.15) is 5.60 Å². The molecule has 0 aliphatic carbocycles. The lowest BCUT2D eigenvalue weighted by molar-refractivity contribution is 0.0527. The van der Waals surface area contributed by atoms with Crippen LogP contribution in [0.5, 0.6) is 0 Å². The number of aromatic nitrogens is 2. The Morgan fingerprint density at radius 2 is 1.81 bits per heavy atom. The molecule has 1 amide bonds. The van der Waals surface area contributed by atoms with Crippen LogP contribution < -0.4 is 10.2 Å². The standard InChI is InChI=1S/C26H30N4O2/c1-26(2,3)32-25(31)27-14-8-15-29-16-9-17-30-21-13-7-5-11-19(21)22-24(30)23(29)18-10-4-6-12-20(18)28-22/h4-7,10-13H,8-9,14-17H2,1-3H3,(H,27,31). The maximum absolute atomic E-state index is 12.0. The number of para-hydroxylation sites is 2. The topological polar surface area (TPSA) is 59.4 Å². The van der Waals surface area contributed by atoms with Crippen molar-refractivity contribution < 1.29 is 9.53 Å². The minimum Gasteiger partial charge on any atom is -0.444 e. The third-order valence-electron chi connectivity index (χ3n) is 5.96. The zero-order valence-electron chi connectivity index (χ0n) is 19.0. The number of fused-ring (bicyclic) bond motifs is 5. The molecule has 0 bridgehead atoms. The normalized spacial score (nSPS) is 14.2. The van der Waals surface area contributed by atoms with Gasteiger partial charge in [-0.2, -0.15) is 0 Å². The third kappa shape index (κ3) is 3.74. The second-order valence-corrected chi connectivity index (χ2v) is 9.47. The zero-order chi connectivity index (χ0) is 22.3. The van der Waals surface area contributed by atoms with Gasteiger partial charge in [-0.1, -0.05) is 36.4 Å². The number of anilines is 1. The van der Waals surface area contributed by atoms with Crippen LogP contribution >= 0.6 is 0 Å². The highest BCUT2D eigenvalue weighted by atomic mass is 16.6. The number of aryl methyl sites for hydroxylation is 1. The number of nitrogens with one attached hydrogen (secondary N) is 1. The van der Waals surface area contributed by atoms with Crippen LogP contribution in [-0.4, -0.2) is 40.9 Å². The van der Waals surface area contributed by atoms with E-state index in [-0.39, 0.29) is 6.09 Å². The third-order valence-corrected chi connectivity index (χ3v) is 5.96. The first-order valence-corrected chi connectivity index (χ1v) is 11.4. The molecule has 4 aromatic rings. The Morgan fingerprint density at radius 1 is 1.06 bits per heavy atom. The molecule has 1 N–H and O–H groups in total. The predicted molar refractivity (Wildman–Crippen MR) is 130 cm³/mol. The van der Waals surface area contributed by atoms with Crippen LogP contribution in [0.3, 0.4) is 0 Å². The first-order valence-electron chi connectivity index (χ1n) is 11.4. The second kappa shape index (κ2) is 8.01. The summed E-state index contributed by atoms with van der Waals surface area (Å²) >= 11 is 0. The van der Waals surface area contributed by atoms with Crippen molar-refractivity contribution in [2.24, 2.45) is 0 Å². The van der Waals surface area contributed by atoms with Crippen molar-refractivity contribution in [3.8, 4) is 0 Å². The summed E-state index contributed by atoms with van der Waals surface area (Å²) in [6.45, 7) is 9.03. The van der Waals surface area contributed by atoms with Crippen LogP contribution in [0.25, 0.3) is 32.8 Å². The average Bonchev–Trinajstić information content (AvgIpc) is 2.93. The Kier molecular flexibility index (Phi) is 5.16. The molecule has 0 spiro atoms. The van der Waals surface area contributed by atoms with E-state index < -0.39 is 5.60 Å². The summed E-state index contributed by atoms with van der Waals surface area (Å²) in [4.78, 5) is 19.6. The van der Waals surface area contributed by atoms with Gasteiger partial charge in [-0.05, 0) is 45.7 Å². The van der Waals surface area contributed by atoms with Crippen LogP contribution in [0.15, 0.2) is 48.5 Å². The Labute approximate surface area is 188 Å². The Morgan fingerprint density at radius 3 is 2.62 bits per heavy atom. The summed E-state index contributed by atoms with van der Waals surface area (Å²) in [7, 11) is 0. The smallest absolute Gasteiger partial charge is 0.407 e. The fourth-order valence-electron chi connectivity index (χ4n) is 4.74. The van der Waals surface area contributed by atoms with Crippen molar-refractivity contribution in [3.63, 3.8) is 0 Å². The quantitative estimate of drug-likeness (QED) is 0.436. The van der Waals surface area contributed by atoms with E-state index in [0.29, 0.717) is 6.54 Å². The number of alkyl carbamates (subject to hydrolysis) is 1. The van der Waals surface area contributed by atoms with Gasteiger partial charge in [-0.25, -0.2) is 9.78 Å². The lowest BCUT2D eigenvalue weighted by Crippen LogP contribution is -2.34. The Bertz CT molecular complexity index is 1300. The number of carbonyl (C=O) groups is 1. The SMILES string of the molecule is CC(C)(C)OC(=O)NCCCN1CCCn2c3ccccc3c3nc4ccccc4c1c32. The zero-order valence-corrected chi connectivity index (χ0v) is 19.0. The monoisotopic (exact) mass is 430 g/mol. The molecule has 1 aliphatic heterocycles. The molecule has 1 aliphatic rings. The van der Waals surface area contributed by atoms with Gasteiger partial charge in [0.25, 0.3) is 0 Å². The van der Waals surface area contributed by atoms with Crippen molar-refractivity contribution in [2.75, 3.05) is 24.5 Å². The molecule has 6 heteroatoms. The highest BCUT2D eigenvalue weighted by molar-refractivity contribution is 6.16. The van der Waals surface area contributed by atoms with Crippen molar-refractivity contribution in [2.45, 2.75) is 45.8 Å². The molecule has 32 heavy (non-hydrogen) atoms. The van der Waals surface area contributed by atoms with Crippen LogP contribution in [0, 0.1) is 0 Å². The molecule has 5 rings (SSSR count). The Balaban J connectivity index is 1.50. The van der Waals surface area contributed by atoms with E-state index in [4.69, 9.17) is 9.72 Å². The van der Waals surface area contributed by atoms with Gasteiger partial charge in [0.2, 0.25) is 0 Å². The summed E-state index contributed by atoms with van der Waals surface area (Å²) in [6.07, 6.45) is 1.55. The molecule has 0 atom stereocenters. The van der Waals surface area contributed by atoms with Crippen LogP contribution in [0.1, 0.15) is 33.6 Å². The maximum Gasteiger partial charge on any atom is 0.407 e. The fraction of sp³-hybridized carbons (Fsp3) is 0.385. The number of hydrogen-bond acceptors (Lipinski definition) is 4. The molecule has 0 fully saturated rings. The van der Waals surface area contributed by atoms with Crippen LogP contribution in [0.4, 0.5) is 10.5 Å². The summed E-state index contributed by atoms with van der Waals surface area (Å²) < 4.78 is 7.80. The summed E-state index contributed by atoms with van der Waals surface area (Å²) in [6, 6.07) is 17.0. The Hall–Kier alpha value is -3.28. The summed E-state index contributed by atoms with van der Waals surface area (Å²) in [5.74, 6) is 0. The lowest BCUT2D eigenvalue weighted by atomic mass is 10.1. The van der Waals surface area contributed by atoms with Crippen LogP contribution in [0.2, 0.25) is 0 Å².